The van der Waals surface area contributed by atoms with E-state index in [1.165, 1.54) is 0 Å². The van der Waals surface area contributed by atoms with Gasteiger partial charge in [0.25, 0.3) is 0 Å². The van der Waals surface area contributed by atoms with Gasteiger partial charge >= 0.3 is 0 Å². The molecule has 0 amide bonds. The molecule has 0 saturated heterocycles. The molecule has 2 aromatic rings. The van der Waals surface area contributed by atoms with Crippen molar-refractivity contribution in [3.05, 3.63) is 46.7 Å². The van der Waals surface area contributed by atoms with Crippen LogP contribution in [0.5, 0.6) is 28.7 Å². The van der Waals surface area contributed by atoms with Crippen molar-refractivity contribution in [3.63, 3.8) is 0 Å². The molecule has 0 unspecified atom stereocenters. The molecule has 2 aliphatic rings. The molecule has 0 radical (unpaired) electrons. The fraction of sp³-hybridized carbons (Fsp3) is 0.375. The van der Waals surface area contributed by atoms with Crippen LogP contribution in [0.3, 0.4) is 0 Å². The van der Waals surface area contributed by atoms with Gasteiger partial charge in [0.15, 0.2) is 17.3 Å². The molecule has 8 nitrogen and oxygen atoms in total. The third-order valence-electron chi connectivity index (χ3n) is 5.53. The molecule has 0 N–H and O–H groups in total. The van der Waals surface area contributed by atoms with Crippen molar-refractivity contribution in [1.29, 1.82) is 0 Å². The summed E-state index contributed by atoms with van der Waals surface area (Å²) in [5.41, 5.74) is 2.05. The zero-order valence-corrected chi connectivity index (χ0v) is 18.7. The standard InChI is InChI=1S/C24H27NO7/c1-27-9-5-8-25-13-17-18(31-14-25)7-6-16-23(26)22(32-24(16)17)11-15-10-20(29-3)21(30-4)12-19(15)28-2/h6-7,10-12H,5,8-9,13-14H2,1-4H3/b22-11-. The molecule has 0 fully saturated rings. The number of allylic oxidation sites excluding steroid dienone is 1. The minimum atomic E-state index is -0.184. The Balaban J connectivity index is 1.65. The largest absolute Gasteiger partial charge is 0.496 e. The molecule has 8 heteroatoms. The molecule has 2 heterocycles. The molecule has 0 saturated carbocycles. The van der Waals surface area contributed by atoms with Gasteiger partial charge in [0.05, 0.1) is 32.5 Å². The van der Waals surface area contributed by atoms with Crippen LogP contribution in [0.4, 0.5) is 0 Å². The molecular weight excluding hydrogens is 414 g/mol. The molecule has 0 bridgehead atoms. The number of nitrogens with zero attached hydrogens (tertiary/aromatic N) is 1. The maximum Gasteiger partial charge on any atom is 0.231 e. The fourth-order valence-electron chi connectivity index (χ4n) is 3.89. The molecule has 32 heavy (non-hydrogen) atoms. The summed E-state index contributed by atoms with van der Waals surface area (Å²) in [7, 11) is 6.36. The van der Waals surface area contributed by atoms with Gasteiger partial charge in [-0.3, -0.25) is 9.69 Å². The van der Waals surface area contributed by atoms with Crippen molar-refractivity contribution in [2.24, 2.45) is 0 Å². The van der Waals surface area contributed by atoms with Gasteiger partial charge < -0.3 is 28.4 Å². The molecule has 2 aliphatic heterocycles. The van der Waals surface area contributed by atoms with Crippen molar-refractivity contribution in [1.82, 2.24) is 4.90 Å². The Labute approximate surface area is 187 Å². The Morgan fingerprint density at radius 2 is 1.78 bits per heavy atom. The zero-order valence-electron chi connectivity index (χ0n) is 18.7. The first kappa shape index (κ1) is 22.0. The summed E-state index contributed by atoms with van der Waals surface area (Å²) in [6.07, 6.45) is 2.56. The van der Waals surface area contributed by atoms with E-state index in [0.717, 1.165) is 24.3 Å². The SMILES string of the molecule is COCCCN1COc2ccc3c(c2C1)O/C(=C\c1cc(OC)c(OC)cc1OC)C3=O. The molecular formula is C24H27NO7. The Hall–Kier alpha value is -3.23. The fourth-order valence-corrected chi connectivity index (χ4v) is 3.89. The quantitative estimate of drug-likeness (QED) is 0.455. The number of Topliss-reactive ketones (excluding diaryl/α,β-unsaturated/α-hetero) is 1. The summed E-state index contributed by atoms with van der Waals surface area (Å²) in [6, 6.07) is 7.05. The second-order valence-corrected chi connectivity index (χ2v) is 7.48. The van der Waals surface area contributed by atoms with Crippen LogP contribution in [0.15, 0.2) is 30.0 Å². The highest BCUT2D eigenvalue weighted by Crippen LogP contribution is 2.43. The predicted molar refractivity (Wildman–Crippen MR) is 118 cm³/mol. The summed E-state index contributed by atoms with van der Waals surface area (Å²) in [5, 5.41) is 0. The Morgan fingerprint density at radius 1 is 1.03 bits per heavy atom. The van der Waals surface area contributed by atoms with E-state index in [0.29, 0.717) is 54.0 Å². The Morgan fingerprint density at radius 3 is 2.50 bits per heavy atom. The van der Waals surface area contributed by atoms with E-state index in [-0.39, 0.29) is 11.5 Å². The van der Waals surface area contributed by atoms with Crippen LogP contribution >= 0.6 is 0 Å². The maximum absolute atomic E-state index is 13.1. The molecule has 170 valence electrons. The minimum absolute atomic E-state index is 0.184. The van der Waals surface area contributed by atoms with Crippen LogP contribution < -0.4 is 23.7 Å². The highest BCUT2D eigenvalue weighted by Gasteiger charge is 2.33. The number of benzene rings is 2. The van der Waals surface area contributed by atoms with Crippen molar-refractivity contribution < 1.29 is 33.2 Å². The summed E-state index contributed by atoms with van der Waals surface area (Å²) in [6.45, 7) is 2.65. The first-order valence-corrected chi connectivity index (χ1v) is 10.3. The molecule has 0 atom stereocenters. The van der Waals surface area contributed by atoms with Crippen LogP contribution in [0.1, 0.15) is 27.9 Å². The highest BCUT2D eigenvalue weighted by atomic mass is 16.5. The first-order valence-electron chi connectivity index (χ1n) is 10.3. The third kappa shape index (κ3) is 4.11. The van der Waals surface area contributed by atoms with Crippen LogP contribution in [-0.2, 0) is 11.3 Å². The van der Waals surface area contributed by atoms with Gasteiger partial charge in [-0.2, -0.15) is 0 Å². The van der Waals surface area contributed by atoms with E-state index < -0.39 is 0 Å². The van der Waals surface area contributed by atoms with E-state index in [2.05, 4.69) is 4.90 Å². The average Bonchev–Trinajstić information content (AvgIpc) is 3.14. The Kier molecular flexibility index (Phi) is 6.53. The summed E-state index contributed by atoms with van der Waals surface area (Å²) >= 11 is 0. The second kappa shape index (κ2) is 9.50. The van der Waals surface area contributed by atoms with E-state index in [4.69, 9.17) is 28.4 Å². The van der Waals surface area contributed by atoms with Gasteiger partial charge in [-0.05, 0) is 30.7 Å². The summed E-state index contributed by atoms with van der Waals surface area (Å²) in [5.74, 6) is 2.93. The topological polar surface area (TPSA) is 75.7 Å². The molecule has 0 aliphatic carbocycles. The molecule has 0 spiro atoms. The van der Waals surface area contributed by atoms with Crippen molar-refractivity contribution in [3.8, 4) is 28.7 Å². The van der Waals surface area contributed by atoms with Crippen molar-refractivity contribution >= 4 is 11.9 Å². The first-order chi connectivity index (χ1) is 15.6. The van der Waals surface area contributed by atoms with E-state index in [9.17, 15) is 4.79 Å². The summed E-state index contributed by atoms with van der Waals surface area (Å²) < 4.78 is 33.3. The summed E-state index contributed by atoms with van der Waals surface area (Å²) in [4.78, 5) is 15.3. The number of fused-ring (bicyclic) bond motifs is 3. The van der Waals surface area contributed by atoms with Crippen LogP contribution in [0.2, 0.25) is 0 Å². The lowest BCUT2D eigenvalue weighted by Crippen LogP contribution is -2.33. The van der Waals surface area contributed by atoms with Gasteiger partial charge in [0.2, 0.25) is 5.78 Å². The lowest BCUT2D eigenvalue weighted by atomic mass is 10.0. The van der Waals surface area contributed by atoms with Gasteiger partial charge in [0.1, 0.15) is 24.0 Å². The predicted octanol–water partition coefficient (Wildman–Crippen LogP) is 3.52. The monoisotopic (exact) mass is 441 g/mol. The number of ketones is 1. The van der Waals surface area contributed by atoms with Gasteiger partial charge in [-0.1, -0.05) is 0 Å². The van der Waals surface area contributed by atoms with Gasteiger partial charge in [0, 0.05) is 38.4 Å². The zero-order chi connectivity index (χ0) is 22.7. The number of carbonyl (C=O) groups is 1. The van der Waals surface area contributed by atoms with Gasteiger partial charge in [-0.15, -0.1) is 0 Å². The van der Waals surface area contributed by atoms with E-state index in [1.54, 1.807) is 52.7 Å². The van der Waals surface area contributed by atoms with Crippen LogP contribution in [0, 0.1) is 0 Å². The maximum atomic E-state index is 13.1. The van der Waals surface area contributed by atoms with Crippen molar-refractivity contribution in [2.75, 3.05) is 48.3 Å². The number of carbonyl (C=O) groups excluding carboxylic acids is 1. The number of ether oxygens (including phenoxy) is 6. The molecule has 0 aromatic heterocycles. The minimum Gasteiger partial charge on any atom is -0.496 e. The smallest absolute Gasteiger partial charge is 0.231 e. The number of rotatable bonds is 8. The molecule has 2 aromatic carbocycles. The highest BCUT2D eigenvalue weighted by molar-refractivity contribution is 6.15. The van der Waals surface area contributed by atoms with E-state index in [1.807, 2.05) is 6.07 Å². The van der Waals surface area contributed by atoms with Gasteiger partial charge in [-0.25, -0.2) is 0 Å². The third-order valence-corrected chi connectivity index (χ3v) is 5.53. The average molecular weight is 441 g/mol. The van der Waals surface area contributed by atoms with Crippen molar-refractivity contribution in [2.45, 2.75) is 13.0 Å². The second-order valence-electron chi connectivity index (χ2n) is 7.48. The Bertz CT molecular complexity index is 1050. The molecule has 4 rings (SSSR count). The normalized spacial score (nSPS) is 16.2. The number of hydrogen-bond acceptors (Lipinski definition) is 8. The van der Waals surface area contributed by atoms with Crippen LogP contribution in [0.25, 0.3) is 6.08 Å². The number of methoxy groups -OCH3 is 4. The van der Waals surface area contributed by atoms with Crippen LogP contribution in [-0.4, -0.2) is 59.0 Å². The number of hydrogen-bond donors (Lipinski definition) is 0. The lowest BCUT2D eigenvalue weighted by Gasteiger charge is -2.29. The lowest BCUT2D eigenvalue weighted by molar-refractivity contribution is 0.0823. The van der Waals surface area contributed by atoms with E-state index >= 15 is 0 Å².